The van der Waals surface area contributed by atoms with E-state index in [4.69, 9.17) is 0 Å². The summed E-state index contributed by atoms with van der Waals surface area (Å²) in [4.78, 5) is 0. The highest BCUT2D eigenvalue weighted by molar-refractivity contribution is 5.58. The molecular formula is C26H29N2+. The summed E-state index contributed by atoms with van der Waals surface area (Å²) in [6, 6.07) is 19.3. The van der Waals surface area contributed by atoms with Gasteiger partial charge in [-0.1, -0.05) is 67.8 Å². The molecule has 1 fully saturated rings. The highest BCUT2D eigenvalue weighted by atomic mass is 15.2. The van der Waals surface area contributed by atoms with E-state index < -0.39 is 0 Å². The van der Waals surface area contributed by atoms with Crippen molar-refractivity contribution in [2.24, 2.45) is 5.92 Å². The summed E-state index contributed by atoms with van der Waals surface area (Å²) >= 11 is 0. The largest absolute Gasteiger partial charge is 0.250 e. The van der Waals surface area contributed by atoms with E-state index in [2.05, 4.69) is 89.7 Å². The predicted molar refractivity (Wildman–Crippen MR) is 115 cm³/mol. The van der Waals surface area contributed by atoms with E-state index in [1.54, 1.807) is 0 Å². The van der Waals surface area contributed by atoms with Gasteiger partial charge < -0.3 is 0 Å². The van der Waals surface area contributed by atoms with Gasteiger partial charge in [-0.05, 0) is 43.5 Å². The van der Waals surface area contributed by atoms with E-state index in [0.717, 1.165) is 11.4 Å². The van der Waals surface area contributed by atoms with E-state index in [-0.39, 0.29) is 5.54 Å². The molecule has 0 N–H and O–H groups in total. The minimum atomic E-state index is -0.257. The summed E-state index contributed by atoms with van der Waals surface area (Å²) in [7, 11) is 0. The third-order valence-electron chi connectivity index (χ3n) is 6.83. The van der Waals surface area contributed by atoms with Crippen molar-refractivity contribution in [1.82, 2.24) is 4.57 Å². The summed E-state index contributed by atoms with van der Waals surface area (Å²) < 4.78 is 13.7. The quantitative estimate of drug-likeness (QED) is 0.521. The predicted octanol–water partition coefficient (Wildman–Crippen LogP) is 5.73. The maximum atomic E-state index is 9.29. The van der Waals surface area contributed by atoms with Gasteiger partial charge in [0.2, 0.25) is 0 Å². The van der Waals surface area contributed by atoms with Crippen molar-refractivity contribution >= 4 is 6.08 Å². The summed E-state index contributed by atoms with van der Waals surface area (Å²) in [6.07, 6.45) is 11.6. The summed E-state index contributed by atoms with van der Waals surface area (Å²) in [5.41, 5.74) is 5.68. The van der Waals surface area contributed by atoms with Crippen LogP contribution in [0.25, 0.3) is 11.8 Å². The fourth-order valence-corrected chi connectivity index (χ4v) is 5.34. The van der Waals surface area contributed by atoms with Crippen molar-refractivity contribution < 1.29 is 5.94 Å². The first-order valence-corrected chi connectivity index (χ1v) is 10.6. The number of benzene rings is 2. The van der Waals surface area contributed by atoms with Crippen LogP contribution in [0.3, 0.4) is 0 Å². The maximum absolute atomic E-state index is 9.29. The molecule has 0 spiro atoms. The molecule has 1 unspecified atom stereocenters. The van der Waals surface area contributed by atoms with Gasteiger partial charge in [-0.15, -0.1) is 0 Å². The normalized spacial score (nSPS) is 22.3. The number of aromatic nitrogens is 2. The lowest BCUT2D eigenvalue weighted by atomic mass is 9.71. The van der Waals surface area contributed by atoms with Crippen molar-refractivity contribution in [3.63, 3.8) is 0 Å². The number of imidazole rings is 1. The fourth-order valence-electron chi connectivity index (χ4n) is 5.34. The minimum Gasteiger partial charge on any atom is -0.216 e. The van der Waals surface area contributed by atoms with Gasteiger partial charge >= 0.3 is 0 Å². The summed E-state index contributed by atoms with van der Waals surface area (Å²) in [5.74, 6) is 0.525. The summed E-state index contributed by atoms with van der Waals surface area (Å²) in [5, 5.41) is 0. The Labute approximate surface area is 169 Å². The van der Waals surface area contributed by atoms with Crippen molar-refractivity contribution in [3.05, 3.63) is 89.5 Å². The molecule has 2 heterocycles. The second-order valence-electron chi connectivity index (χ2n) is 8.39. The van der Waals surface area contributed by atoms with Gasteiger partial charge in [0.1, 0.15) is 5.69 Å². The Hall–Kier alpha value is -2.61. The first kappa shape index (κ1) is 16.4. The lowest BCUT2D eigenvalue weighted by molar-refractivity contribution is -0.602. The molecule has 1 aliphatic heterocycles. The number of aryl methyl sites for hydroxylation is 1. The zero-order valence-electron chi connectivity index (χ0n) is 17.9. The zero-order valence-corrected chi connectivity index (χ0v) is 16.9. The molecule has 2 aromatic carbocycles. The van der Waals surface area contributed by atoms with Crippen molar-refractivity contribution in [2.45, 2.75) is 51.5 Å². The molecule has 0 bridgehead atoms. The molecule has 0 radical (unpaired) electrons. The van der Waals surface area contributed by atoms with Crippen LogP contribution in [0.4, 0.5) is 0 Å². The molecule has 1 aliphatic carbocycles. The highest BCUT2D eigenvalue weighted by Gasteiger charge is 2.49. The van der Waals surface area contributed by atoms with Gasteiger partial charge in [-0.3, -0.25) is 0 Å². The van der Waals surface area contributed by atoms with Crippen LogP contribution in [0, 0.1) is 19.8 Å². The summed E-state index contributed by atoms with van der Waals surface area (Å²) in [6.45, 7) is 4.29. The molecule has 28 heavy (non-hydrogen) atoms. The Morgan fingerprint density at radius 2 is 1.68 bits per heavy atom. The number of nitrogens with zero attached hydrogens (tertiary/aromatic N) is 2. The Bertz CT molecular complexity index is 1070. The van der Waals surface area contributed by atoms with Crippen LogP contribution in [-0.2, 0) is 5.54 Å². The van der Waals surface area contributed by atoms with E-state index in [1.165, 1.54) is 48.9 Å². The molecule has 5 rings (SSSR count). The molecule has 1 aromatic heterocycles. The average molecular weight is 371 g/mol. The van der Waals surface area contributed by atoms with E-state index >= 15 is 0 Å². The molecule has 0 amide bonds. The molecular weight excluding hydrogens is 340 g/mol. The molecule has 2 heteroatoms. The minimum absolute atomic E-state index is 0.257. The number of para-hydroxylation sites is 1. The van der Waals surface area contributed by atoms with Crippen LogP contribution in [0.5, 0.6) is 0 Å². The molecule has 2 aliphatic rings. The Kier molecular flexibility index (Phi) is 3.96. The Morgan fingerprint density at radius 3 is 2.43 bits per heavy atom. The number of hydrogen-bond acceptors (Lipinski definition) is 0. The lowest BCUT2D eigenvalue weighted by Crippen LogP contribution is -2.41. The van der Waals surface area contributed by atoms with E-state index in [0.29, 0.717) is 12.2 Å². The lowest BCUT2D eigenvalue weighted by Gasteiger charge is -2.37. The van der Waals surface area contributed by atoms with Crippen LogP contribution in [-0.4, -0.2) is 4.57 Å². The second-order valence-corrected chi connectivity index (χ2v) is 8.39. The van der Waals surface area contributed by atoms with Gasteiger partial charge in [0.25, 0.3) is 6.30 Å². The van der Waals surface area contributed by atoms with Gasteiger partial charge in [-0.2, -0.15) is 4.57 Å². The molecule has 142 valence electrons. The topological polar surface area (TPSA) is 8.81 Å². The van der Waals surface area contributed by atoms with Crippen LogP contribution in [0.1, 0.15) is 56.0 Å². The highest BCUT2D eigenvalue weighted by Crippen LogP contribution is 2.47. The van der Waals surface area contributed by atoms with E-state index in [1.807, 2.05) is 0 Å². The number of fused-ring (bicyclic) bond motifs is 1. The van der Waals surface area contributed by atoms with Gasteiger partial charge in [0.05, 0.1) is 0 Å². The van der Waals surface area contributed by atoms with Gasteiger partial charge in [-0.25, -0.2) is 4.57 Å². The van der Waals surface area contributed by atoms with Crippen molar-refractivity contribution in [2.75, 3.05) is 0 Å². The smallest absolute Gasteiger partial charge is 0.216 e. The molecule has 1 atom stereocenters. The first-order valence-electron chi connectivity index (χ1n) is 11.1. The second kappa shape index (κ2) is 6.77. The zero-order chi connectivity index (χ0) is 20.0. The first-order chi connectivity index (χ1) is 14.1. The van der Waals surface area contributed by atoms with Crippen molar-refractivity contribution in [1.29, 1.82) is 0 Å². The van der Waals surface area contributed by atoms with Gasteiger partial charge in [0, 0.05) is 18.4 Å². The van der Waals surface area contributed by atoms with Crippen LogP contribution >= 0.6 is 0 Å². The number of allylic oxidation sites excluding steroid dienone is 1. The Balaban J connectivity index is 1.78. The monoisotopic (exact) mass is 370 g/mol. The van der Waals surface area contributed by atoms with Crippen LogP contribution in [0.15, 0.2) is 67.0 Å². The van der Waals surface area contributed by atoms with Crippen LogP contribution < -0.4 is 4.57 Å². The standard InChI is InChI=1S/C26H29N2/c1-20-11-9-10-16-24(20)27-19-28-25(21(27)2)17-18-26(28,22-12-5-3-6-13-22)23-14-7-4-8-15-23/h3,5-6,9-13,16-19,23H,4,7-8,14-15H2,1-2H3/q+1/i19D. The molecule has 3 aromatic rings. The Morgan fingerprint density at radius 1 is 0.964 bits per heavy atom. The fraction of sp³-hybridized carbons (Fsp3) is 0.346. The molecule has 0 saturated heterocycles. The van der Waals surface area contributed by atoms with Gasteiger partial charge in [0.15, 0.2) is 18.3 Å². The SMILES string of the molecule is [2H]c1n2c(c(C)[n+]1-c1ccccc1C)C=CC2(c1ccccc1)C1CCCCC1. The van der Waals surface area contributed by atoms with Crippen LogP contribution in [0.2, 0.25) is 0 Å². The van der Waals surface area contributed by atoms with Crippen molar-refractivity contribution in [3.8, 4) is 5.69 Å². The average Bonchev–Trinajstić information content (AvgIpc) is 3.28. The molecule has 2 nitrogen and oxygen atoms in total. The molecule has 1 saturated carbocycles. The maximum Gasteiger partial charge on any atom is 0.250 e. The number of rotatable bonds is 3. The third-order valence-corrected chi connectivity index (χ3v) is 6.83. The van der Waals surface area contributed by atoms with E-state index in [9.17, 15) is 1.37 Å². The number of hydrogen-bond donors (Lipinski definition) is 0. The third kappa shape index (κ3) is 2.51.